The summed E-state index contributed by atoms with van der Waals surface area (Å²) < 4.78 is 42.8. The zero-order valence-corrected chi connectivity index (χ0v) is 26.6. The third-order valence-corrected chi connectivity index (χ3v) is 11.2. The Kier molecular flexibility index (Phi) is 9.83. The van der Waals surface area contributed by atoms with E-state index < -0.39 is 22.2 Å². The number of carbonyl (C=O) groups excluding carboxylic acids is 1. The molecule has 0 unspecified atom stereocenters. The number of nitrogens with zero attached hydrogens (tertiary/aromatic N) is 2. The van der Waals surface area contributed by atoms with Crippen molar-refractivity contribution < 1.29 is 27.8 Å². The first-order valence-electron chi connectivity index (χ1n) is 15.8. The molecule has 11 heteroatoms. The fraction of sp³-hybridized carbons (Fsp3) is 0.545. The van der Waals surface area contributed by atoms with Gasteiger partial charge in [-0.05, 0) is 105 Å². The van der Waals surface area contributed by atoms with E-state index in [-0.39, 0.29) is 36.6 Å². The van der Waals surface area contributed by atoms with Crippen molar-refractivity contribution in [1.82, 2.24) is 9.03 Å². The summed E-state index contributed by atoms with van der Waals surface area (Å²) in [4.78, 5) is 15.8. The van der Waals surface area contributed by atoms with Crippen molar-refractivity contribution in [1.29, 1.82) is 0 Å². The number of hydrogen-bond donors (Lipinski definition) is 2. The maximum atomic E-state index is 13.5. The van der Waals surface area contributed by atoms with Crippen LogP contribution in [0.3, 0.4) is 0 Å². The summed E-state index contributed by atoms with van der Waals surface area (Å²) in [6.07, 6.45) is 9.63. The van der Waals surface area contributed by atoms with Gasteiger partial charge in [-0.25, -0.2) is 4.72 Å². The van der Waals surface area contributed by atoms with Crippen molar-refractivity contribution in [2.75, 3.05) is 37.7 Å². The molecule has 2 fully saturated rings. The van der Waals surface area contributed by atoms with Crippen LogP contribution in [0.2, 0.25) is 5.02 Å². The van der Waals surface area contributed by atoms with Gasteiger partial charge in [0.25, 0.3) is 5.91 Å². The number of benzene rings is 2. The molecule has 9 nitrogen and oxygen atoms in total. The molecule has 1 amide bonds. The lowest BCUT2D eigenvalue weighted by Gasteiger charge is -2.42. The van der Waals surface area contributed by atoms with Crippen LogP contribution in [-0.4, -0.2) is 68.7 Å². The number of aliphatic hydroxyl groups excluding tert-OH is 1. The van der Waals surface area contributed by atoms with E-state index in [0.29, 0.717) is 37.0 Å². The van der Waals surface area contributed by atoms with Crippen LogP contribution >= 0.6 is 11.6 Å². The number of ether oxygens (including phenoxy) is 2. The van der Waals surface area contributed by atoms with Crippen molar-refractivity contribution in [3.05, 3.63) is 70.3 Å². The highest BCUT2D eigenvalue weighted by atomic mass is 35.5. The Hall–Kier alpha value is -2.63. The molecule has 238 valence electrons. The predicted molar refractivity (Wildman–Crippen MR) is 170 cm³/mol. The first-order valence-corrected chi connectivity index (χ1v) is 17.7. The fourth-order valence-electron chi connectivity index (χ4n) is 6.80. The number of rotatable bonds is 2. The minimum absolute atomic E-state index is 0.117. The molecule has 3 heterocycles. The van der Waals surface area contributed by atoms with Gasteiger partial charge in [0.05, 0.1) is 17.9 Å². The summed E-state index contributed by atoms with van der Waals surface area (Å²) in [5.41, 5.74) is 3.24. The van der Waals surface area contributed by atoms with E-state index in [1.54, 1.807) is 18.2 Å². The van der Waals surface area contributed by atoms with Gasteiger partial charge in [-0.2, -0.15) is 12.7 Å². The van der Waals surface area contributed by atoms with E-state index in [2.05, 4.69) is 9.62 Å². The zero-order chi connectivity index (χ0) is 30.7. The fourth-order valence-corrected chi connectivity index (χ4v) is 8.18. The number of carbonyl (C=O) groups is 1. The second kappa shape index (κ2) is 13.8. The van der Waals surface area contributed by atoms with Crippen molar-refractivity contribution in [2.24, 2.45) is 11.8 Å². The number of amides is 1. The van der Waals surface area contributed by atoms with Crippen molar-refractivity contribution >= 4 is 33.4 Å². The van der Waals surface area contributed by atoms with Gasteiger partial charge in [0.1, 0.15) is 12.4 Å². The average molecular weight is 644 g/mol. The standard InChI is InChI=1S/C33H42ClN3O6S/c34-27-12-9-26-22-43-32-14-11-24-19-30(32)36(15-3-1-6-23(26)18-27)20-25-10-13-29(25)31(38)8-2-4-16-37(21-28-7-5-17-42-28)44(40,41)35-33(24)39/h2,8-9,11-12,14,18-19,25,28-29,31,38H,1,3-7,10,13,15-17,20-22H2,(H,35,39)/b8-2+/t25-,28-,29+,31-/m0/s1. The van der Waals surface area contributed by atoms with Crippen molar-refractivity contribution in [3.63, 3.8) is 0 Å². The molecule has 4 aliphatic rings. The van der Waals surface area contributed by atoms with Crippen LogP contribution in [0.15, 0.2) is 48.6 Å². The highest BCUT2D eigenvalue weighted by molar-refractivity contribution is 7.87. The SMILES string of the molecule is O=C1NS(=O)(=O)N(C[C@@H]2CCCO2)CC/C=C/[C@H](O)[C@@H]2CC[C@H]2CN2CCCCc3cc(Cl)ccc3COc3ccc1cc32. The van der Waals surface area contributed by atoms with Gasteiger partial charge in [-0.1, -0.05) is 29.8 Å². The van der Waals surface area contributed by atoms with E-state index in [1.165, 1.54) is 9.87 Å². The second-order valence-corrected chi connectivity index (χ2v) is 14.5. The largest absolute Gasteiger partial charge is 0.487 e. The molecule has 44 heavy (non-hydrogen) atoms. The summed E-state index contributed by atoms with van der Waals surface area (Å²) in [5.74, 6) is 0.348. The molecule has 2 N–H and O–H groups in total. The maximum Gasteiger partial charge on any atom is 0.304 e. The lowest BCUT2D eigenvalue weighted by Crippen LogP contribution is -2.47. The summed E-state index contributed by atoms with van der Waals surface area (Å²) in [7, 11) is -4.16. The highest BCUT2D eigenvalue weighted by Gasteiger charge is 2.37. The summed E-state index contributed by atoms with van der Waals surface area (Å²) in [6.45, 7) is 2.75. The number of anilines is 1. The van der Waals surface area contributed by atoms with Gasteiger partial charge in [0.15, 0.2) is 0 Å². The number of nitrogens with one attached hydrogen (secondary N) is 1. The van der Waals surface area contributed by atoms with Gasteiger partial charge in [0.2, 0.25) is 0 Å². The van der Waals surface area contributed by atoms with Crippen molar-refractivity contribution in [3.8, 4) is 5.75 Å². The Bertz CT molecular complexity index is 1480. The molecule has 2 bridgehead atoms. The Morgan fingerprint density at radius 3 is 2.70 bits per heavy atom. The summed E-state index contributed by atoms with van der Waals surface area (Å²) in [6, 6.07) is 11.0. The van der Waals surface area contributed by atoms with E-state index >= 15 is 0 Å². The van der Waals surface area contributed by atoms with Gasteiger partial charge in [0, 0.05) is 43.4 Å². The molecule has 3 aliphatic heterocycles. The topological polar surface area (TPSA) is 108 Å². The monoisotopic (exact) mass is 643 g/mol. The minimum Gasteiger partial charge on any atom is -0.487 e. The lowest BCUT2D eigenvalue weighted by atomic mass is 9.70. The van der Waals surface area contributed by atoms with Crippen LogP contribution in [0.5, 0.6) is 5.75 Å². The van der Waals surface area contributed by atoms with E-state index in [4.69, 9.17) is 21.1 Å². The number of aliphatic hydroxyl groups is 1. The molecular weight excluding hydrogens is 602 g/mol. The molecule has 0 aromatic heterocycles. The van der Waals surface area contributed by atoms with Crippen LogP contribution < -0.4 is 14.4 Å². The van der Waals surface area contributed by atoms with Crippen molar-refractivity contribution in [2.45, 2.75) is 70.2 Å². The summed E-state index contributed by atoms with van der Waals surface area (Å²) in [5, 5.41) is 11.8. The third-order valence-electron chi connectivity index (χ3n) is 9.48. The number of aryl methyl sites for hydroxylation is 1. The Labute approximate surface area is 265 Å². The maximum absolute atomic E-state index is 13.5. The third kappa shape index (κ3) is 7.26. The minimum atomic E-state index is -4.16. The molecule has 1 saturated carbocycles. The molecule has 2 aromatic rings. The molecule has 0 radical (unpaired) electrons. The molecule has 0 spiro atoms. The van der Waals surface area contributed by atoms with Gasteiger partial charge in [-0.3, -0.25) is 4.79 Å². The second-order valence-electron chi connectivity index (χ2n) is 12.4. The lowest BCUT2D eigenvalue weighted by molar-refractivity contribution is 0.0461. The van der Waals surface area contributed by atoms with Crippen LogP contribution in [0, 0.1) is 11.8 Å². The van der Waals surface area contributed by atoms with E-state index in [1.807, 2.05) is 30.4 Å². The van der Waals surface area contributed by atoms with Crippen LogP contribution in [0.25, 0.3) is 0 Å². The van der Waals surface area contributed by atoms with Gasteiger partial charge in [-0.15, -0.1) is 0 Å². The molecule has 2 aromatic carbocycles. The first-order chi connectivity index (χ1) is 21.3. The Morgan fingerprint density at radius 2 is 1.91 bits per heavy atom. The molecule has 1 aliphatic carbocycles. The number of hydrogen-bond acceptors (Lipinski definition) is 7. The predicted octanol–water partition coefficient (Wildman–Crippen LogP) is 4.86. The normalized spacial score (nSPS) is 28.8. The molecule has 4 atom stereocenters. The smallest absolute Gasteiger partial charge is 0.304 e. The number of fused-ring (bicyclic) bond motifs is 3. The highest BCUT2D eigenvalue weighted by Crippen LogP contribution is 2.41. The average Bonchev–Trinajstić information content (AvgIpc) is 3.49. The molecular formula is C33H42ClN3O6S. The van der Waals surface area contributed by atoms with Gasteiger partial charge < -0.3 is 19.5 Å². The van der Waals surface area contributed by atoms with Crippen LogP contribution in [-0.2, 0) is 28.0 Å². The molecule has 1 saturated heterocycles. The Morgan fingerprint density at radius 1 is 1.02 bits per heavy atom. The Balaban J connectivity index is 1.35. The number of halogens is 1. The zero-order valence-electron chi connectivity index (χ0n) is 25.0. The molecule has 6 rings (SSSR count). The van der Waals surface area contributed by atoms with E-state index in [9.17, 15) is 18.3 Å². The van der Waals surface area contributed by atoms with E-state index in [0.717, 1.165) is 62.7 Å². The van der Waals surface area contributed by atoms with Crippen LogP contribution in [0.1, 0.15) is 66.4 Å². The van der Waals surface area contributed by atoms with Crippen LogP contribution in [0.4, 0.5) is 5.69 Å². The first kappa shape index (κ1) is 31.4. The summed E-state index contributed by atoms with van der Waals surface area (Å²) >= 11 is 6.32. The quantitative estimate of drug-likeness (QED) is 0.450. The van der Waals surface area contributed by atoms with Gasteiger partial charge >= 0.3 is 10.2 Å².